The molecule has 0 aliphatic rings. The van der Waals surface area contributed by atoms with Gasteiger partial charge in [-0.05, 0) is 18.6 Å². The zero-order valence-corrected chi connectivity index (χ0v) is 19.3. The normalized spacial score (nSPS) is 12.2. The third-order valence-electron chi connectivity index (χ3n) is 5.34. The maximum absolute atomic E-state index is 10.3. The molecule has 3 rings (SSSR count). The summed E-state index contributed by atoms with van der Waals surface area (Å²) in [5.41, 5.74) is 2.81. The van der Waals surface area contributed by atoms with Crippen molar-refractivity contribution in [1.29, 1.82) is 0 Å². The van der Waals surface area contributed by atoms with E-state index >= 15 is 0 Å². The van der Waals surface area contributed by atoms with E-state index < -0.39 is 6.10 Å². The highest BCUT2D eigenvalue weighted by molar-refractivity contribution is 5.65. The summed E-state index contributed by atoms with van der Waals surface area (Å²) in [6.45, 7) is 4.33. The van der Waals surface area contributed by atoms with Gasteiger partial charge >= 0.3 is 0 Å². The number of aromatic nitrogens is 2. The number of nitrogens with zero attached hydrogens (tertiary/aromatic N) is 3. The minimum absolute atomic E-state index is 0.415. The highest BCUT2D eigenvalue weighted by atomic mass is 16.5. The van der Waals surface area contributed by atoms with E-state index in [1.54, 1.807) is 18.9 Å². The van der Waals surface area contributed by atoms with Crippen molar-refractivity contribution >= 4 is 0 Å². The SMILES string of the molecule is CC[C@H](O)CN(CCOC)Cc1c(-c2ccccc2)nn(C)c1Oc1ccccc1OC. The zero-order valence-electron chi connectivity index (χ0n) is 19.3. The number of ether oxygens (including phenoxy) is 3. The molecule has 7 heteroatoms. The van der Waals surface area contributed by atoms with E-state index in [4.69, 9.17) is 19.3 Å². The molecule has 0 amide bonds. The van der Waals surface area contributed by atoms with Gasteiger partial charge in [0.15, 0.2) is 11.5 Å². The lowest BCUT2D eigenvalue weighted by Gasteiger charge is -2.25. The number of rotatable bonds is 12. The molecule has 0 aliphatic heterocycles. The van der Waals surface area contributed by atoms with Crippen LogP contribution in [0.15, 0.2) is 54.6 Å². The van der Waals surface area contributed by atoms with Gasteiger partial charge in [0, 0.05) is 39.4 Å². The molecular formula is C25H33N3O4. The molecule has 172 valence electrons. The molecular weight excluding hydrogens is 406 g/mol. The van der Waals surface area contributed by atoms with E-state index in [-0.39, 0.29) is 0 Å². The third kappa shape index (κ3) is 5.88. The standard InChI is InChI=1S/C25H33N3O4/c1-5-20(29)17-28(15-16-30-3)18-21-24(19-11-7-6-8-12-19)26-27(2)25(21)32-23-14-10-9-13-22(23)31-4/h6-14,20,29H,5,15-18H2,1-4H3/t20-/m0/s1. The molecule has 0 unspecified atom stereocenters. The lowest BCUT2D eigenvalue weighted by molar-refractivity contribution is 0.0827. The summed E-state index contributed by atoms with van der Waals surface area (Å²) in [7, 11) is 5.19. The molecule has 1 heterocycles. The Kier molecular flexibility index (Phi) is 8.67. The zero-order chi connectivity index (χ0) is 22.9. The molecule has 1 atom stereocenters. The second kappa shape index (κ2) is 11.7. The highest BCUT2D eigenvalue weighted by Gasteiger charge is 2.23. The summed E-state index contributed by atoms with van der Waals surface area (Å²) in [5.74, 6) is 1.91. The largest absolute Gasteiger partial charge is 0.493 e. The van der Waals surface area contributed by atoms with Crippen LogP contribution >= 0.6 is 0 Å². The number of aliphatic hydroxyl groups is 1. The van der Waals surface area contributed by atoms with Gasteiger partial charge in [0.25, 0.3) is 0 Å². The Balaban J connectivity index is 2.03. The number of hydrogen-bond acceptors (Lipinski definition) is 6. The second-order valence-corrected chi connectivity index (χ2v) is 7.66. The first-order chi connectivity index (χ1) is 15.6. The Labute approximate surface area is 190 Å². The molecule has 0 saturated heterocycles. The first kappa shape index (κ1) is 23.8. The molecule has 0 fully saturated rings. The predicted molar refractivity (Wildman–Crippen MR) is 125 cm³/mol. The second-order valence-electron chi connectivity index (χ2n) is 7.66. The van der Waals surface area contributed by atoms with Crippen LogP contribution in [0.1, 0.15) is 18.9 Å². The van der Waals surface area contributed by atoms with Crippen LogP contribution in [0, 0.1) is 0 Å². The van der Waals surface area contributed by atoms with Crippen LogP contribution < -0.4 is 9.47 Å². The summed E-state index contributed by atoms with van der Waals surface area (Å²) in [6.07, 6.45) is 0.273. The highest BCUT2D eigenvalue weighted by Crippen LogP contribution is 2.37. The molecule has 0 spiro atoms. The fourth-order valence-electron chi connectivity index (χ4n) is 3.56. The van der Waals surface area contributed by atoms with Gasteiger partial charge in [0.05, 0.1) is 25.4 Å². The molecule has 2 aromatic carbocycles. The van der Waals surface area contributed by atoms with E-state index in [2.05, 4.69) is 4.90 Å². The van der Waals surface area contributed by atoms with Crippen LogP contribution in [0.25, 0.3) is 11.3 Å². The third-order valence-corrected chi connectivity index (χ3v) is 5.34. The minimum atomic E-state index is -0.415. The average molecular weight is 440 g/mol. The molecule has 7 nitrogen and oxygen atoms in total. The number of methoxy groups -OCH3 is 2. The van der Waals surface area contributed by atoms with Crippen LogP contribution in [0.3, 0.4) is 0 Å². The number of aliphatic hydroxyl groups excluding tert-OH is 1. The van der Waals surface area contributed by atoms with Gasteiger partial charge in [-0.15, -0.1) is 0 Å². The maximum atomic E-state index is 10.3. The molecule has 0 aliphatic carbocycles. The fourth-order valence-corrected chi connectivity index (χ4v) is 3.56. The Morgan fingerprint density at radius 3 is 2.38 bits per heavy atom. The lowest BCUT2D eigenvalue weighted by Crippen LogP contribution is -2.34. The van der Waals surface area contributed by atoms with E-state index in [1.165, 1.54) is 0 Å². The van der Waals surface area contributed by atoms with Gasteiger partial charge in [-0.25, -0.2) is 4.68 Å². The molecule has 1 N–H and O–H groups in total. The predicted octanol–water partition coefficient (Wildman–Crippen LogP) is 4.11. The van der Waals surface area contributed by atoms with Crippen molar-refractivity contribution in [2.24, 2.45) is 7.05 Å². The van der Waals surface area contributed by atoms with E-state index in [1.807, 2.05) is 68.6 Å². The number of hydrogen-bond donors (Lipinski definition) is 1. The number of benzene rings is 2. The number of aryl methyl sites for hydroxylation is 1. The van der Waals surface area contributed by atoms with Gasteiger partial charge in [0.2, 0.25) is 5.88 Å². The van der Waals surface area contributed by atoms with Gasteiger partial charge in [-0.2, -0.15) is 5.10 Å². The fraction of sp³-hybridized carbons (Fsp3) is 0.400. The topological polar surface area (TPSA) is 69.0 Å². The Hall–Kier alpha value is -2.87. The van der Waals surface area contributed by atoms with Crippen molar-refractivity contribution in [2.45, 2.75) is 26.0 Å². The summed E-state index contributed by atoms with van der Waals surface area (Å²) in [5, 5.41) is 15.1. The van der Waals surface area contributed by atoms with Crippen molar-refractivity contribution < 1.29 is 19.3 Å². The monoisotopic (exact) mass is 439 g/mol. The lowest BCUT2D eigenvalue weighted by atomic mass is 10.1. The van der Waals surface area contributed by atoms with Crippen LogP contribution in [0.5, 0.6) is 17.4 Å². The summed E-state index contributed by atoms with van der Waals surface area (Å²) in [6, 6.07) is 17.6. The molecule has 1 aromatic heterocycles. The summed E-state index contributed by atoms with van der Waals surface area (Å²) >= 11 is 0. The Bertz CT molecular complexity index is 975. The molecule has 32 heavy (non-hydrogen) atoms. The van der Waals surface area contributed by atoms with Gasteiger partial charge in [0.1, 0.15) is 5.69 Å². The van der Waals surface area contributed by atoms with Gasteiger partial charge < -0.3 is 19.3 Å². The van der Waals surface area contributed by atoms with Gasteiger partial charge in [-0.3, -0.25) is 4.90 Å². The molecule has 3 aromatic rings. The first-order valence-corrected chi connectivity index (χ1v) is 10.9. The quantitative estimate of drug-likeness (QED) is 0.458. The Morgan fingerprint density at radius 2 is 1.72 bits per heavy atom. The van der Waals surface area contributed by atoms with E-state index in [0.29, 0.717) is 50.0 Å². The molecule has 0 radical (unpaired) electrons. The van der Waals surface area contributed by atoms with Crippen molar-refractivity contribution in [3.05, 3.63) is 60.2 Å². The summed E-state index contributed by atoms with van der Waals surface area (Å²) in [4.78, 5) is 2.18. The average Bonchev–Trinajstić information content (AvgIpc) is 3.13. The van der Waals surface area contributed by atoms with E-state index in [0.717, 1.165) is 16.8 Å². The van der Waals surface area contributed by atoms with Gasteiger partial charge in [-0.1, -0.05) is 49.4 Å². The molecule has 0 bridgehead atoms. The summed E-state index contributed by atoms with van der Waals surface area (Å²) < 4.78 is 18.9. The van der Waals surface area contributed by atoms with Crippen LogP contribution in [0.2, 0.25) is 0 Å². The van der Waals surface area contributed by atoms with Crippen molar-refractivity contribution in [2.75, 3.05) is 33.9 Å². The minimum Gasteiger partial charge on any atom is -0.493 e. The Morgan fingerprint density at radius 1 is 1.03 bits per heavy atom. The maximum Gasteiger partial charge on any atom is 0.222 e. The van der Waals surface area contributed by atoms with Crippen molar-refractivity contribution in [1.82, 2.24) is 14.7 Å². The van der Waals surface area contributed by atoms with Crippen LogP contribution in [-0.4, -0.2) is 59.8 Å². The molecule has 0 saturated carbocycles. The number of para-hydroxylation sites is 2. The smallest absolute Gasteiger partial charge is 0.222 e. The van der Waals surface area contributed by atoms with E-state index in [9.17, 15) is 5.11 Å². The first-order valence-electron chi connectivity index (χ1n) is 10.9. The van der Waals surface area contributed by atoms with Crippen LogP contribution in [0.4, 0.5) is 0 Å². The van der Waals surface area contributed by atoms with Crippen molar-refractivity contribution in [3.63, 3.8) is 0 Å². The van der Waals surface area contributed by atoms with Crippen LogP contribution in [-0.2, 0) is 18.3 Å². The van der Waals surface area contributed by atoms with Crippen molar-refractivity contribution in [3.8, 4) is 28.6 Å².